The third-order valence-electron chi connectivity index (χ3n) is 5.16. The first-order valence-corrected chi connectivity index (χ1v) is 9.97. The number of aliphatic imine (C=N–C) groups is 1. The number of methoxy groups -OCH3 is 1. The van der Waals surface area contributed by atoms with Crippen LogP contribution in [-0.2, 0) is 11.3 Å². The van der Waals surface area contributed by atoms with Crippen LogP contribution in [0.25, 0.3) is 11.1 Å². The van der Waals surface area contributed by atoms with Crippen molar-refractivity contribution < 1.29 is 9.47 Å². The van der Waals surface area contributed by atoms with Crippen molar-refractivity contribution in [1.82, 2.24) is 10.6 Å². The molecule has 146 valence electrons. The summed E-state index contributed by atoms with van der Waals surface area (Å²) in [7, 11) is 3.51. The van der Waals surface area contributed by atoms with Crippen LogP contribution in [0, 0.1) is 0 Å². The molecule has 2 bridgehead atoms. The lowest BCUT2D eigenvalue weighted by molar-refractivity contribution is 0.0992. The molecule has 2 aliphatic heterocycles. The highest BCUT2D eigenvalue weighted by Gasteiger charge is 2.41. The van der Waals surface area contributed by atoms with Crippen LogP contribution >= 0.6 is 35.3 Å². The molecular formula is C20H26IN3O2S. The minimum atomic E-state index is 0. The molecular weight excluding hydrogens is 473 g/mol. The Bertz CT molecular complexity index is 778. The smallest absolute Gasteiger partial charge is 0.191 e. The number of rotatable bonds is 5. The zero-order chi connectivity index (χ0) is 17.9. The average molecular weight is 499 g/mol. The Morgan fingerprint density at radius 1 is 1.26 bits per heavy atom. The Morgan fingerprint density at radius 3 is 2.70 bits per heavy atom. The van der Waals surface area contributed by atoms with E-state index in [1.165, 1.54) is 22.4 Å². The quantitative estimate of drug-likeness (QED) is 0.371. The number of fused-ring (bicyclic) bond motifs is 2. The van der Waals surface area contributed by atoms with Crippen molar-refractivity contribution in [3.05, 3.63) is 40.6 Å². The van der Waals surface area contributed by atoms with E-state index in [1.807, 2.05) is 19.2 Å². The Hall–Kier alpha value is -1.32. The van der Waals surface area contributed by atoms with Gasteiger partial charge < -0.3 is 20.1 Å². The Labute approximate surface area is 181 Å². The summed E-state index contributed by atoms with van der Waals surface area (Å²) in [6, 6.07) is 10.8. The molecule has 2 fully saturated rings. The van der Waals surface area contributed by atoms with E-state index in [9.17, 15) is 0 Å². The molecule has 7 heteroatoms. The lowest BCUT2D eigenvalue weighted by Crippen LogP contribution is -2.47. The minimum Gasteiger partial charge on any atom is -0.497 e. The van der Waals surface area contributed by atoms with Crippen molar-refractivity contribution in [3.8, 4) is 16.9 Å². The number of benzene rings is 1. The Morgan fingerprint density at radius 2 is 2.07 bits per heavy atom. The molecule has 3 unspecified atom stereocenters. The molecule has 1 aromatic heterocycles. The fourth-order valence-corrected chi connectivity index (χ4v) is 4.57. The molecule has 3 heterocycles. The average Bonchev–Trinajstić information content (AvgIpc) is 3.42. The van der Waals surface area contributed by atoms with Crippen molar-refractivity contribution in [2.75, 3.05) is 14.2 Å². The molecule has 0 spiro atoms. The van der Waals surface area contributed by atoms with Gasteiger partial charge in [-0.2, -0.15) is 0 Å². The number of halogens is 1. The highest BCUT2D eigenvalue weighted by molar-refractivity contribution is 14.0. The van der Waals surface area contributed by atoms with Gasteiger partial charge in [-0.05, 0) is 54.0 Å². The van der Waals surface area contributed by atoms with Crippen molar-refractivity contribution >= 4 is 41.3 Å². The number of hydrogen-bond acceptors (Lipinski definition) is 4. The summed E-state index contributed by atoms with van der Waals surface area (Å²) in [6.07, 6.45) is 4.25. The molecule has 4 rings (SSSR count). The maximum absolute atomic E-state index is 5.91. The zero-order valence-electron chi connectivity index (χ0n) is 15.6. The van der Waals surface area contributed by atoms with Gasteiger partial charge in [0.2, 0.25) is 0 Å². The molecule has 2 aromatic rings. The van der Waals surface area contributed by atoms with Gasteiger partial charge >= 0.3 is 0 Å². The largest absolute Gasteiger partial charge is 0.497 e. The van der Waals surface area contributed by atoms with Crippen molar-refractivity contribution in [1.29, 1.82) is 0 Å². The standard InChI is InChI=1S/C20H25N3O2S.HI/c1-21-20(23-18-10-16-7-8-19(18)25-16)22-11-17-9-14(12-26-17)13-3-5-15(24-2)6-4-13;/h3-6,9,12,16,18-19H,7-8,10-11H2,1-2H3,(H2,21,22,23);1H. The molecule has 27 heavy (non-hydrogen) atoms. The highest BCUT2D eigenvalue weighted by atomic mass is 127. The first kappa shape index (κ1) is 20.4. The van der Waals surface area contributed by atoms with E-state index in [1.54, 1.807) is 18.4 Å². The van der Waals surface area contributed by atoms with Gasteiger partial charge in [0.05, 0.1) is 31.9 Å². The third kappa shape index (κ3) is 4.75. The fraction of sp³-hybridized carbons (Fsp3) is 0.450. The van der Waals surface area contributed by atoms with Gasteiger partial charge in [-0.3, -0.25) is 4.99 Å². The summed E-state index contributed by atoms with van der Waals surface area (Å²) < 4.78 is 11.1. The van der Waals surface area contributed by atoms with Crippen LogP contribution in [0.4, 0.5) is 0 Å². The molecule has 0 aliphatic carbocycles. The van der Waals surface area contributed by atoms with Gasteiger partial charge in [0.15, 0.2) is 5.96 Å². The van der Waals surface area contributed by atoms with Crippen LogP contribution in [0.15, 0.2) is 40.7 Å². The van der Waals surface area contributed by atoms with E-state index in [0.717, 1.165) is 31.1 Å². The number of hydrogen-bond donors (Lipinski definition) is 2. The van der Waals surface area contributed by atoms with E-state index in [-0.39, 0.29) is 24.0 Å². The minimum absolute atomic E-state index is 0. The summed E-state index contributed by atoms with van der Waals surface area (Å²) in [4.78, 5) is 5.64. The molecule has 1 aromatic carbocycles. The number of thiophene rings is 1. The molecule has 2 N–H and O–H groups in total. The van der Waals surface area contributed by atoms with E-state index < -0.39 is 0 Å². The first-order valence-electron chi connectivity index (χ1n) is 9.09. The monoisotopic (exact) mass is 499 g/mol. The normalized spacial score (nSPS) is 23.8. The second-order valence-electron chi connectivity index (χ2n) is 6.82. The predicted octanol–water partition coefficient (Wildman–Crippen LogP) is 4.03. The summed E-state index contributed by atoms with van der Waals surface area (Å²) in [5.74, 6) is 1.73. The highest BCUT2D eigenvalue weighted by Crippen LogP contribution is 2.34. The van der Waals surface area contributed by atoms with Crippen LogP contribution in [0.1, 0.15) is 24.1 Å². The third-order valence-corrected chi connectivity index (χ3v) is 6.10. The summed E-state index contributed by atoms with van der Waals surface area (Å²) in [5, 5.41) is 9.15. The second-order valence-corrected chi connectivity index (χ2v) is 7.81. The topological polar surface area (TPSA) is 54.9 Å². The molecule has 0 radical (unpaired) electrons. The van der Waals surface area contributed by atoms with Gasteiger partial charge in [-0.15, -0.1) is 35.3 Å². The van der Waals surface area contributed by atoms with Crippen molar-refractivity contribution in [2.24, 2.45) is 4.99 Å². The van der Waals surface area contributed by atoms with Crippen LogP contribution in [-0.4, -0.2) is 38.4 Å². The van der Waals surface area contributed by atoms with Crippen LogP contribution in [0.2, 0.25) is 0 Å². The van der Waals surface area contributed by atoms with E-state index in [4.69, 9.17) is 9.47 Å². The van der Waals surface area contributed by atoms with E-state index >= 15 is 0 Å². The SMILES string of the molecule is CN=C(NCc1cc(-c2ccc(OC)cc2)cs1)NC1CC2CCC1O2.I. The van der Waals surface area contributed by atoms with Crippen molar-refractivity contribution in [3.63, 3.8) is 0 Å². The van der Waals surface area contributed by atoms with Crippen molar-refractivity contribution in [2.45, 2.75) is 44.1 Å². The first-order chi connectivity index (χ1) is 12.7. The van der Waals surface area contributed by atoms with Gasteiger partial charge in [-0.25, -0.2) is 0 Å². The summed E-state index contributed by atoms with van der Waals surface area (Å²) >= 11 is 1.76. The maximum Gasteiger partial charge on any atom is 0.191 e. The molecule has 2 aliphatic rings. The maximum atomic E-state index is 5.91. The van der Waals surface area contributed by atoms with Gasteiger partial charge in [-0.1, -0.05) is 12.1 Å². The predicted molar refractivity (Wildman–Crippen MR) is 121 cm³/mol. The number of nitrogens with one attached hydrogen (secondary N) is 2. The fourth-order valence-electron chi connectivity index (χ4n) is 3.74. The molecule has 3 atom stereocenters. The van der Waals surface area contributed by atoms with Crippen LogP contribution < -0.4 is 15.4 Å². The Balaban J connectivity index is 0.00000210. The molecule has 0 amide bonds. The van der Waals surface area contributed by atoms with Crippen LogP contribution in [0.3, 0.4) is 0 Å². The molecule has 2 saturated heterocycles. The summed E-state index contributed by atoms with van der Waals surface area (Å²) in [6.45, 7) is 0.766. The number of guanidine groups is 1. The lowest BCUT2D eigenvalue weighted by atomic mass is 9.96. The van der Waals surface area contributed by atoms with Gasteiger partial charge in [0, 0.05) is 11.9 Å². The van der Waals surface area contributed by atoms with E-state index in [2.05, 4.69) is 39.2 Å². The van der Waals surface area contributed by atoms with Gasteiger partial charge in [0.1, 0.15) is 5.75 Å². The molecule has 0 saturated carbocycles. The van der Waals surface area contributed by atoms with Gasteiger partial charge in [0.25, 0.3) is 0 Å². The van der Waals surface area contributed by atoms with Crippen LogP contribution in [0.5, 0.6) is 5.75 Å². The zero-order valence-corrected chi connectivity index (χ0v) is 18.8. The Kier molecular flexibility index (Phi) is 6.99. The number of ether oxygens (including phenoxy) is 2. The molecule has 5 nitrogen and oxygen atoms in total. The second kappa shape index (κ2) is 9.25. The number of nitrogens with zero attached hydrogens (tertiary/aromatic N) is 1. The lowest BCUT2D eigenvalue weighted by Gasteiger charge is -2.22. The van der Waals surface area contributed by atoms with E-state index in [0.29, 0.717) is 18.2 Å². The summed E-state index contributed by atoms with van der Waals surface area (Å²) in [5.41, 5.74) is 2.44.